The molecule has 1 aliphatic rings. The van der Waals surface area contributed by atoms with Gasteiger partial charge in [-0.2, -0.15) is 16.8 Å². The highest BCUT2D eigenvalue weighted by Crippen LogP contribution is 2.29. The summed E-state index contributed by atoms with van der Waals surface area (Å²) in [6, 6.07) is 11.1. The Labute approximate surface area is 159 Å². The second-order valence-corrected chi connectivity index (χ2v) is 7.30. The van der Waals surface area contributed by atoms with Gasteiger partial charge in [-0.05, 0) is 22.9 Å². The fourth-order valence-corrected chi connectivity index (χ4v) is 2.16. The third kappa shape index (κ3) is 7.03. The molecular weight excluding hydrogens is 416 g/mol. The van der Waals surface area contributed by atoms with Gasteiger partial charge in [-0.25, -0.2) is 10.3 Å². The van der Waals surface area contributed by atoms with Crippen LogP contribution in [0.3, 0.4) is 0 Å². The van der Waals surface area contributed by atoms with Crippen molar-refractivity contribution in [2.75, 3.05) is 0 Å². The van der Waals surface area contributed by atoms with Gasteiger partial charge in [0.1, 0.15) is 5.71 Å². The molecule has 28 heavy (non-hydrogen) atoms. The molecule has 0 radical (unpaired) electrons. The number of aliphatic hydroxyl groups excluding tert-OH is 1. The van der Waals surface area contributed by atoms with Crippen LogP contribution in [0.15, 0.2) is 42.2 Å². The van der Waals surface area contributed by atoms with Crippen molar-refractivity contribution in [1.29, 1.82) is 5.41 Å². The molecule has 2 aromatic carbocycles. The summed E-state index contributed by atoms with van der Waals surface area (Å²) in [7, 11) is -8.33. The molecule has 10 N–H and O–H groups in total. The van der Waals surface area contributed by atoms with Crippen LogP contribution >= 0.6 is 0 Å². The van der Waals surface area contributed by atoms with Gasteiger partial charge in [-0.15, -0.1) is 0 Å². The number of fused-ring (bicyclic) bond motifs is 2. The van der Waals surface area contributed by atoms with E-state index in [1.165, 1.54) is 0 Å². The molecule has 2 aromatic rings. The Hall–Kier alpha value is -2.88. The predicted molar refractivity (Wildman–Crippen MR) is 101 cm³/mol. The van der Waals surface area contributed by atoms with Crippen LogP contribution in [0, 0.1) is 5.41 Å². The number of carbonyl (C=O) groups excluding carboxylic acids is 1. The molecule has 0 spiro atoms. The summed E-state index contributed by atoms with van der Waals surface area (Å²) in [5.74, 6) is -1.27. The van der Waals surface area contributed by atoms with E-state index in [0.717, 1.165) is 10.8 Å². The van der Waals surface area contributed by atoms with Crippen LogP contribution in [0.4, 0.5) is 0 Å². The zero-order chi connectivity index (χ0) is 21.9. The lowest BCUT2D eigenvalue weighted by Gasteiger charge is -2.18. The number of nitrogens with two attached hydrogens (primary N) is 3. The van der Waals surface area contributed by atoms with E-state index in [1.54, 1.807) is 12.1 Å². The van der Waals surface area contributed by atoms with E-state index in [9.17, 15) is 9.90 Å². The topological polar surface area (TPSA) is 248 Å². The van der Waals surface area contributed by atoms with Crippen molar-refractivity contribution in [1.82, 2.24) is 0 Å². The maximum atomic E-state index is 11.6. The minimum Gasteiger partial charge on any atom is -0.503 e. The largest absolute Gasteiger partial charge is 0.503 e. The number of aliphatic hydroxyl groups is 1. The Balaban J connectivity index is 0.000000329. The van der Waals surface area contributed by atoms with Crippen LogP contribution in [0.25, 0.3) is 16.5 Å². The Bertz CT molecular complexity index is 1140. The van der Waals surface area contributed by atoms with Crippen LogP contribution in [-0.4, -0.2) is 42.5 Å². The molecule has 14 heteroatoms. The van der Waals surface area contributed by atoms with Gasteiger partial charge in [0.05, 0.1) is 5.70 Å². The highest BCUT2D eigenvalue weighted by molar-refractivity contribution is 7.83. The second kappa shape index (κ2) is 8.42. The van der Waals surface area contributed by atoms with Crippen LogP contribution in [0.2, 0.25) is 0 Å². The first kappa shape index (κ1) is 23.2. The molecule has 0 saturated carbocycles. The van der Waals surface area contributed by atoms with Gasteiger partial charge in [0, 0.05) is 11.1 Å². The summed E-state index contributed by atoms with van der Waals surface area (Å²) < 4.78 is 50.4. The number of nitrogens with one attached hydrogen (secondary N) is 1. The Morgan fingerprint density at radius 3 is 1.61 bits per heavy atom. The van der Waals surface area contributed by atoms with E-state index >= 15 is 0 Å². The highest BCUT2D eigenvalue weighted by Gasteiger charge is 2.28. The van der Waals surface area contributed by atoms with Crippen LogP contribution in [0.1, 0.15) is 11.1 Å². The number of hydrogen-bond acceptors (Lipinski definition) is 8. The number of hydrogen-bond donors (Lipinski definition) is 7. The maximum Gasteiger partial charge on any atom is 0.330 e. The van der Waals surface area contributed by atoms with Crippen molar-refractivity contribution in [3.05, 3.63) is 53.3 Å². The lowest BCUT2D eigenvalue weighted by atomic mass is 9.89. The molecule has 12 nitrogen and oxygen atoms in total. The zero-order valence-corrected chi connectivity index (χ0v) is 15.5. The van der Waals surface area contributed by atoms with E-state index in [0.29, 0.717) is 11.1 Å². The Morgan fingerprint density at radius 1 is 0.857 bits per heavy atom. The number of carbonyl (C=O) groups is 1. The van der Waals surface area contributed by atoms with E-state index in [2.05, 4.69) is 10.3 Å². The van der Waals surface area contributed by atoms with E-state index < -0.39 is 32.2 Å². The van der Waals surface area contributed by atoms with Gasteiger partial charge in [0.15, 0.2) is 5.76 Å². The average Bonchev–Trinajstić information content (AvgIpc) is 2.54. The lowest BCUT2D eigenvalue weighted by molar-refractivity contribution is -0.112. The number of rotatable bonds is 0. The van der Waals surface area contributed by atoms with Crippen molar-refractivity contribution in [2.45, 2.75) is 0 Å². The van der Waals surface area contributed by atoms with E-state index in [-0.39, 0.29) is 11.4 Å². The van der Waals surface area contributed by atoms with Gasteiger partial charge in [-0.3, -0.25) is 19.3 Å². The summed E-state index contributed by atoms with van der Waals surface area (Å²) in [5.41, 5.74) is 6.57. The quantitative estimate of drug-likeness (QED) is 0.264. The minimum absolute atomic E-state index is 0.0387. The second-order valence-electron chi connectivity index (χ2n) is 5.24. The third-order valence-electron chi connectivity index (χ3n) is 3.14. The first-order chi connectivity index (χ1) is 12.6. The van der Waals surface area contributed by atoms with Gasteiger partial charge in [0.2, 0.25) is 5.78 Å². The first-order valence-electron chi connectivity index (χ1n) is 6.95. The van der Waals surface area contributed by atoms with Gasteiger partial charge >= 0.3 is 20.6 Å². The third-order valence-corrected chi connectivity index (χ3v) is 3.14. The van der Waals surface area contributed by atoms with Crippen LogP contribution < -0.4 is 16.0 Å². The normalized spacial score (nSPS) is 13.9. The molecule has 0 saturated heterocycles. The first-order valence-corrected chi connectivity index (χ1v) is 9.96. The Kier molecular flexibility index (Phi) is 6.97. The number of Topliss-reactive ketones (excluding diaryl/α,β-unsaturated/α-hetero) is 1. The molecule has 0 unspecified atom stereocenters. The molecule has 0 aliphatic heterocycles. The molecule has 0 bridgehead atoms. The smallest absolute Gasteiger partial charge is 0.330 e. The molecule has 0 heterocycles. The van der Waals surface area contributed by atoms with Gasteiger partial charge in [-0.1, -0.05) is 24.3 Å². The number of ketones is 1. The highest BCUT2D eigenvalue weighted by atomic mass is 32.2. The lowest BCUT2D eigenvalue weighted by Crippen LogP contribution is -2.26. The molecule has 152 valence electrons. The predicted octanol–water partition coefficient (Wildman–Crippen LogP) is -0.529. The summed E-state index contributed by atoms with van der Waals surface area (Å²) in [6.07, 6.45) is 0. The average molecular weight is 432 g/mol. The molecule has 0 atom stereocenters. The van der Waals surface area contributed by atoms with Gasteiger partial charge < -0.3 is 10.8 Å². The van der Waals surface area contributed by atoms with Crippen LogP contribution in [-0.2, 0) is 25.4 Å². The summed E-state index contributed by atoms with van der Waals surface area (Å²) in [6.45, 7) is 0. The fourth-order valence-electron chi connectivity index (χ4n) is 2.16. The monoisotopic (exact) mass is 432 g/mol. The molecule has 1 aliphatic carbocycles. The van der Waals surface area contributed by atoms with Crippen molar-refractivity contribution in [3.63, 3.8) is 0 Å². The molecule has 0 fully saturated rings. The summed E-state index contributed by atoms with van der Waals surface area (Å²) in [4.78, 5) is 11.6. The molecule has 3 rings (SSSR count). The van der Waals surface area contributed by atoms with Crippen molar-refractivity contribution in [2.24, 2.45) is 16.0 Å². The van der Waals surface area contributed by atoms with Crippen molar-refractivity contribution >= 4 is 48.6 Å². The minimum atomic E-state index is -4.17. The molecular formula is C14H16N4O8S2. The zero-order valence-electron chi connectivity index (χ0n) is 13.9. The summed E-state index contributed by atoms with van der Waals surface area (Å²) in [5, 5.41) is 27.0. The van der Waals surface area contributed by atoms with Gasteiger partial charge in [0.25, 0.3) is 0 Å². The Morgan fingerprint density at radius 2 is 1.21 bits per heavy atom. The summed E-state index contributed by atoms with van der Waals surface area (Å²) >= 11 is 0. The number of benzene rings is 2. The number of allylic oxidation sites excluding steroid dienone is 1. The van der Waals surface area contributed by atoms with Crippen molar-refractivity contribution in [3.8, 4) is 0 Å². The molecule has 0 aromatic heterocycles. The SMILES string of the molecule is N=C1C(=O)C(O)=C(N)c2cc3ccccc3cc21.NS(=O)(=O)O.NS(=O)(=O)O. The van der Waals surface area contributed by atoms with E-state index in [4.69, 9.17) is 37.1 Å². The van der Waals surface area contributed by atoms with Crippen molar-refractivity contribution < 1.29 is 35.8 Å². The maximum absolute atomic E-state index is 11.6. The fraction of sp³-hybridized carbons (Fsp3) is 0. The standard InChI is InChI=1S/C14H10N2O2.2H3NO3S/c15-11-9-5-7-3-1-2-4-8(7)6-10(9)12(16)14(18)13(11)17;2*1-5(2,3)4/h1-6,15,18H,16H2;2*(H3,1,2,3,4). The molecule has 0 amide bonds. The van der Waals surface area contributed by atoms with E-state index in [1.807, 2.05) is 24.3 Å². The van der Waals surface area contributed by atoms with Crippen LogP contribution in [0.5, 0.6) is 0 Å².